The molecule has 3 nitrogen and oxygen atoms in total. The highest BCUT2D eigenvalue weighted by Gasteiger charge is 2.63. The van der Waals surface area contributed by atoms with Crippen molar-refractivity contribution in [3.8, 4) is 0 Å². The van der Waals surface area contributed by atoms with Crippen molar-refractivity contribution in [2.75, 3.05) is 5.73 Å². The highest BCUT2D eigenvalue weighted by atomic mass is 19.4. The van der Waals surface area contributed by atoms with Crippen molar-refractivity contribution < 1.29 is 26.7 Å². The SMILES string of the molecule is Nc1ccc(CNC(=O)C(F)(F)C(F)(F)F)cc1. The van der Waals surface area contributed by atoms with E-state index in [2.05, 4.69) is 0 Å². The van der Waals surface area contributed by atoms with E-state index >= 15 is 0 Å². The predicted molar refractivity (Wildman–Crippen MR) is 53.7 cm³/mol. The fraction of sp³-hybridized carbons (Fsp3) is 0.300. The van der Waals surface area contributed by atoms with Gasteiger partial charge in [-0.2, -0.15) is 22.0 Å². The molecule has 0 aliphatic rings. The number of nitrogen functional groups attached to an aromatic ring is 1. The standard InChI is InChI=1S/C10H9F5N2O/c11-9(12,10(13,14)15)8(18)17-5-6-1-3-7(16)4-2-6/h1-4H,5,16H2,(H,17,18). The zero-order valence-corrected chi connectivity index (χ0v) is 8.89. The van der Waals surface area contributed by atoms with Crippen LogP contribution in [0.3, 0.4) is 0 Å². The van der Waals surface area contributed by atoms with E-state index in [1.165, 1.54) is 29.6 Å². The molecule has 0 bridgehead atoms. The number of anilines is 1. The molecule has 3 N–H and O–H groups in total. The lowest BCUT2D eigenvalue weighted by atomic mass is 10.2. The van der Waals surface area contributed by atoms with Gasteiger partial charge in [0.05, 0.1) is 0 Å². The van der Waals surface area contributed by atoms with Crippen molar-refractivity contribution in [3.05, 3.63) is 29.8 Å². The Balaban J connectivity index is 2.64. The van der Waals surface area contributed by atoms with E-state index in [1.807, 2.05) is 0 Å². The molecule has 0 saturated carbocycles. The average Bonchev–Trinajstić information content (AvgIpc) is 2.26. The number of nitrogens with one attached hydrogen (secondary N) is 1. The zero-order chi connectivity index (χ0) is 14.0. The molecule has 1 amide bonds. The van der Waals surface area contributed by atoms with Gasteiger partial charge in [-0.25, -0.2) is 0 Å². The van der Waals surface area contributed by atoms with Crippen molar-refractivity contribution in [2.24, 2.45) is 0 Å². The average molecular weight is 268 g/mol. The first-order valence-electron chi connectivity index (χ1n) is 4.72. The number of rotatable bonds is 3. The van der Waals surface area contributed by atoms with Crippen LogP contribution in [-0.4, -0.2) is 18.0 Å². The Kier molecular flexibility index (Phi) is 3.78. The maximum absolute atomic E-state index is 12.5. The fourth-order valence-electron chi connectivity index (χ4n) is 1.06. The number of alkyl halides is 5. The summed E-state index contributed by atoms with van der Waals surface area (Å²) in [7, 11) is 0. The van der Waals surface area contributed by atoms with Gasteiger partial charge in [-0.3, -0.25) is 4.79 Å². The molecule has 1 aromatic rings. The van der Waals surface area contributed by atoms with Crippen LogP contribution < -0.4 is 11.1 Å². The van der Waals surface area contributed by atoms with E-state index in [-0.39, 0.29) is 0 Å². The smallest absolute Gasteiger partial charge is 0.399 e. The van der Waals surface area contributed by atoms with Crippen LogP contribution in [-0.2, 0) is 11.3 Å². The highest BCUT2D eigenvalue weighted by Crippen LogP contribution is 2.35. The van der Waals surface area contributed by atoms with Crippen molar-refractivity contribution in [1.82, 2.24) is 5.32 Å². The van der Waals surface area contributed by atoms with Gasteiger partial charge >= 0.3 is 18.0 Å². The van der Waals surface area contributed by atoms with E-state index < -0.39 is 24.6 Å². The summed E-state index contributed by atoms with van der Waals surface area (Å²) in [5.74, 6) is -7.78. The van der Waals surface area contributed by atoms with E-state index in [0.717, 1.165) is 0 Å². The first-order chi connectivity index (χ1) is 8.14. The molecule has 0 saturated heterocycles. The fourth-order valence-corrected chi connectivity index (χ4v) is 1.06. The Morgan fingerprint density at radius 1 is 1.11 bits per heavy atom. The normalized spacial score (nSPS) is 12.3. The first-order valence-corrected chi connectivity index (χ1v) is 4.72. The number of nitrogens with two attached hydrogens (primary N) is 1. The molecule has 0 aliphatic heterocycles. The van der Waals surface area contributed by atoms with Crippen LogP contribution in [0.5, 0.6) is 0 Å². The molecule has 0 spiro atoms. The molecule has 8 heteroatoms. The van der Waals surface area contributed by atoms with Crippen molar-refractivity contribution in [1.29, 1.82) is 0 Å². The first kappa shape index (κ1) is 14.2. The molecular formula is C10H9F5N2O. The third kappa shape index (κ3) is 3.08. The topological polar surface area (TPSA) is 55.1 Å². The van der Waals surface area contributed by atoms with Gasteiger partial charge in [-0.05, 0) is 17.7 Å². The van der Waals surface area contributed by atoms with Crippen molar-refractivity contribution in [3.63, 3.8) is 0 Å². The van der Waals surface area contributed by atoms with Gasteiger partial charge < -0.3 is 11.1 Å². The van der Waals surface area contributed by atoms with Gasteiger partial charge in [0.15, 0.2) is 0 Å². The Hall–Kier alpha value is -1.86. The summed E-state index contributed by atoms with van der Waals surface area (Å²) >= 11 is 0. The molecule has 18 heavy (non-hydrogen) atoms. The van der Waals surface area contributed by atoms with Crippen LogP contribution >= 0.6 is 0 Å². The molecule has 0 heterocycles. The third-order valence-corrected chi connectivity index (χ3v) is 2.07. The van der Waals surface area contributed by atoms with Gasteiger partial charge in [0, 0.05) is 12.2 Å². The zero-order valence-electron chi connectivity index (χ0n) is 8.89. The highest BCUT2D eigenvalue weighted by molar-refractivity contribution is 5.84. The summed E-state index contributed by atoms with van der Waals surface area (Å²) in [5, 5.41) is 1.52. The third-order valence-electron chi connectivity index (χ3n) is 2.07. The molecule has 0 atom stereocenters. The van der Waals surface area contributed by atoms with Crippen LogP contribution in [0.2, 0.25) is 0 Å². The summed E-state index contributed by atoms with van der Waals surface area (Å²) in [4.78, 5) is 10.7. The number of benzene rings is 1. The molecule has 0 radical (unpaired) electrons. The second-order valence-corrected chi connectivity index (χ2v) is 3.50. The minimum Gasteiger partial charge on any atom is -0.399 e. The second kappa shape index (κ2) is 4.79. The molecule has 1 aromatic carbocycles. The molecule has 0 aliphatic carbocycles. The number of carbonyl (C=O) groups is 1. The summed E-state index contributed by atoms with van der Waals surface area (Å²) in [6.45, 7) is -0.440. The maximum Gasteiger partial charge on any atom is 0.463 e. The Morgan fingerprint density at radius 2 is 1.61 bits per heavy atom. The Morgan fingerprint density at radius 3 is 2.06 bits per heavy atom. The van der Waals surface area contributed by atoms with E-state index in [4.69, 9.17) is 5.73 Å². The number of hydrogen-bond donors (Lipinski definition) is 2. The molecule has 100 valence electrons. The van der Waals surface area contributed by atoms with E-state index in [1.54, 1.807) is 0 Å². The molecule has 1 rings (SSSR count). The monoisotopic (exact) mass is 268 g/mol. The summed E-state index contributed by atoms with van der Waals surface area (Å²) < 4.78 is 60.6. The van der Waals surface area contributed by atoms with Gasteiger partial charge in [-0.1, -0.05) is 12.1 Å². The van der Waals surface area contributed by atoms with Gasteiger partial charge in [0.1, 0.15) is 0 Å². The number of halogens is 5. The molecule has 0 aromatic heterocycles. The maximum atomic E-state index is 12.5. The van der Waals surface area contributed by atoms with Gasteiger partial charge in [-0.15, -0.1) is 0 Å². The van der Waals surface area contributed by atoms with Crippen molar-refractivity contribution >= 4 is 11.6 Å². The lowest BCUT2D eigenvalue weighted by Crippen LogP contribution is -2.50. The summed E-state index contributed by atoms with van der Waals surface area (Å²) in [6, 6.07) is 5.68. The number of amides is 1. The van der Waals surface area contributed by atoms with Crippen molar-refractivity contribution in [2.45, 2.75) is 18.6 Å². The van der Waals surface area contributed by atoms with Crippen LogP contribution in [0.1, 0.15) is 5.56 Å². The predicted octanol–water partition coefficient (Wildman–Crippen LogP) is 2.08. The number of carbonyl (C=O) groups excluding carboxylic acids is 1. The largest absolute Gasteiger partial charge is 0.463 e. The Labute approximate surface area is 98.8 Å². The summed E-state index contributed by atoms with van der Waals surface area (Å²) in [6.07, 6.45) is -5.90. The van der Waals surface area contributed by atoms with E-state index in [0.29, 0.717) is 11.3 Å². The molecule has 0 unspecified atom stereocenters. The van der Waals surface area contributed by atoms with Crippen LogP contribution in [0.4, 0.5) is 27.6 Å². The van der Waals surface area contributed by atoms with Gasteiger partial charge in [0.25, 0.3) is 0 Å². The molecule has 0 fully saturated rings. The lowest BCUT2D eigenvalue weighted by Gasteiger charge is -2.18. The minimum atomic E-state index is -5.90. The number of hydrogen-bond acceptors (Lipinski definition) is 2. The van der Waals surface area contributed by atoms with E-state index in [9.17, 15) is 26.7 Å². The lowest BCUT2D eigenvalue weighted by molar-refractivity contribution is -0.269. The minimum absolute atomic E-state index is 0.357. The van der Waals surface area contributed by atoms with Gasteiger partial charge in [0.2, 0.25) is 0 Å². The van der Waals surface area contributed by atoms with Crippen LogP contribution in [0.25, 0.3) is 0 Å². The van der Waals surface area contributed by atoms with Crippen LogP contribution in [0.15, 0.2) is 24.3 Å². The second-order valence-electron chi connectivity index (χ2n) is 3.50. The summed E-state index contributed by atoms with van der Waals surface area (Å²) in [5.41, 5.74) is 6.12. The van der Waals surface area contributed by atoms with Crippen LogP contribution in [0, 0.1) is 0 Å². The quantitative estimate of drug-likeness (QED) is 0.651. The Bertz CT molecular complexity index is 427. The molecular weight excluding hydrogens is 259 g/mol.